The number of primary amides is 1. The van der Waals surface area contributed by atoms with Crippen molar-refractivity contribution >= 4 is 11.8 Å². The molecule has 0 radical (unpaired) electrons. The molecule has 3 N–H and O–H groups in total. The largest absolute Gasteiger partial charge is 0.368 e. The summed E-state index contributed by atoms with van der Waals surface area (Å²) in [6, 6.07) is 38.4. The van der Waals surface area contributed by atoms with Gasteiger partial charge >= 0.3 is 0 Å². The number of nitrogens with two attached hydrogens (primary N) is 1. The first-order valence-electron chi connectivity index (χ1n) is 11.9. The van der Waals surface area contributed by atoms with E-state index in [9.17, 15) is 9.59 Å². The van der Waals surface area contributed by atoms with E-state index in [4.69, 9.17) is 5.73 Å². The highest BCUT2D eigenvalue weighted by Crippen LogP contribution is 2.39. The molecule has 176 valence electrons. The molecule has 4 aromatic rings. The fraction of sp³-hybridized carbons (Fsp3) is 0.161. The summed E-state index contributed by atoms with van der Waals surface area (Å²) in [5.41, 5.74) is 8.28. The second kappa shape index (κ2) is 11.3. The molecule has 35 heavy (non-hydrogen) atoms. The monoisotopic (exact) mass is 462 g/mol. The Morgan fingerprint density at radius 1 is 0.657 bits per heavy atom. The summed E-state index contributed by atoms with van der Waals surface area (Å²) in [6.07, 6.45) is 2.00. The maximum atomic E-state index is 14.3. The second-order valence-corrected chi connectivity index (χ2v) is 8.65. The van der Waals surface area contributed by atoms with Gasteiger partial charge in [0.25, 0.3) is 0 Å². The molecule has 4 rings (SSSR count). The Balaban J connectivity index is 1.71. The second-order valence-electron chi connectivity index (χ2n) is 8.65. The van der Waals surface area contributed by atoms with Crippen molar-refractivity contribution in [3.05, 3.63) is 144 Å². The van der Waals surface area contributed by atoms with E-state index in [-0.39, 0.29) is 5.91 Å². The third-order valence-electron chi connectivity index (χ3n) is 6.41. The third-order valence-corrected chi connectivity index (χ3v) is 6.41. The standard InChI is InChI=1S/C31H30N2O2/c32-29(34)28(23-13-16-24-14-5-1-6-15-24)33-30(35)31(25-17-7-2-8-18-25,26-19-9-3-10-20-26)27-21-11-4-12-22-27/h1-12,14-15,17-22,28H,13,16,23H2,(H2,32,34)(H,33,35)/t28-/m0/s1. The maximum Gasteiger partial charge on any atom is 0.240 e. The topological polar surface area (TPSA) is 72.2 Å². The van der Waals surface area contributed by atoms with Crippen LogP contribution < -0.4 is 11.1 Å². The summed E-state index contributed by atoms with van der Waals surface area (Å²) < 4.78 is 0. The van der Waals surface area contributed by atoms with E-state index in [1.165, 1.54) is 5.56 Å². The van der Waals surface area contributed by atoms with Crippen LogP contribution in [-0.2, 0) is 21.4 Å². The normalized spacial score (nSPS) is 12.0. The van der Waals surface area contributed by atoms with Gasteiger partial charge in [-0.25, -0.2) is 0 Å². The quantitative estimate of drug-likeness (QED) is 0.325. The van der Waals surface area contributed by atoms with Crippen molar-refractivity contribution in [2.24, 2.45) is 5.73 Å². The zero-order valence-electron chi connectivity index (χ0n) is 19.6. The Morgan fingerprint density at radius 3 is 1.46 bits per heavy atom. The van der Waals surface area contributed by atoms with E-state index >= 15 is 0 Å². The molecule has 0 aromatic heterocycles. The molecule has 0 aliphatic rings. The number of benzene rings is 4. The van der Waals surface area contributed by atoms with Gasteiger partial charge in [-0.2, -0.15) is 0 Å². The fourth-order valence-corrected chi connectivity index (χ4v) is 4.66. The van der Waals surface area contributed by atoms with E-state index < -0.39 is 17.4 Å². The summed E-state index contributed by atoms with van der Waals surface area (Å²) in [6.45, 7) is 0. The van der Waals surface area contributed by atoms with E-state index in [0.717, 1.165) is 29.5 Å². The molecule has 0 saturated heterocycles. The molecule has 0 unspecified atom stereocenters. The van der Waals surface area contributed by atoms with Crippen LogP contribution >= 0.6 is 0 Å². The van der Waals surface area contributed by atoms with Gasteiger partial charge in [0.05, 0.1) is 0 Å². The number of amides is 2. The number of hydrogen-bond donors (Lipinski definition) is 2. The van der Waals surface area contributed by atoms with Crippen molar-refractivity contribution in [3.8, 4) is 0 Å². The molecule has 4 aromatic carbocycles. The number of nitrogens with one attached hydrogen (secondary N) is 1. The highest BCUT2D eigenvalue weighted by atomic mass is 16.2. The number of carbonyl (C=O) groups is 2. The van der Waals surface area contributed by atoms with Gasteiger partial charge in [0, 0.05) is 0 Å². The van der Waals surface area contributed by atoms with Crippen molar-refractivity contribution in [3.63, 3.8) is 0 Å². The molecule has 1 atom stereocenters. The Morgan fingerprint density at radius 2 is 1.06 bits per heavy atom. The van der Waals surface area contributed by atoms with E-state index in [2.05, 4.69) is 17.4 Å². The first-order chi connectivity index (χ1) is 17.1. The van der Waals surface area contributed by atoms with Crippen molar-refractivity contribution < 1.29 is 9.59 Å². The van der Waals surface area contributed by atoms with Crippen LogP contribution in [0.1, 0.15) is 35.1 Å². The molecular weight excluding hydrogens is 432 g/mol. The molecule has 0 saturated carbocycles. The molecule has 2 amide bonds. The summed E-state index contributed by atoms with van der Waals surface area (Å²) in [5.74, 6) is -0.806. The van der Waals surface area contributed by atoms with Crippen LogP contribution in [0.15, 0.2) is 121 Å². The number of carbonyl (C=O) groups excluding carboxylic acids is 2. The molecule has 0 fully saturated rings. The average molecular weight is 463 g/mol. The van der Waals surface area contributed by atoms with Crippen LogP contribution in [0.25, 0.3) is 0 Å². The lowest BCUT2D eigenvalue weighted by molar-refractivity contribution is -0.129. The minimum atomic E-state index is -1.14. The SMILES string of the molecule is NC(=O)[C@H](CCCc1ccccc1)NC(=O)C(c1ccccc1)(c1ccccc1)c1ccccc1. The van der Waals surface area contributed by atoms with E-state index in [1.807, 2.05) is 109 Å². The molecule has 0 aliphatic heterocycles. The Hall–Kier alpha value is -4.18. The minimum absolute atomic E-state index is 0.274. The van der Waals surface area contributed by atoms with Gasteiger partial charge in [0.1, 0.15) is 11.5 Å². The Kier molecular flexibility index (Phi) is 7.74. The molecule has 0 aliphatic carbocycles. The number of aryl methyl sites for hydroxylation is 1. The van der Waals surface area contributed by atoms with Gasteiger partial charge < -0.3 is 11.1 Å². The van der Waals surface area contributed by atoms with E-state index in [1.54, 1.807) is 0 Å². The van der Waals surface area contributed by atoms with Gasteiger partial charge in [-0.3, -0.25) is 9.59 Å². The average Bonchev–Trinajstić information content (AvgIpc) is 2.91. The summed E-state index contributed by atoms with van der Waals surface area (Å²) in [5, 5.41) is 3.03. The van der Waals surface area contributed by atoms with Crippen LogP contribution in [0.2, 0.25) is 0 Å². The summed E-state index contributed by atoms with van der Waals surface area (Å²) in [4.78, 5) is 26.7. The minimum Gasteiger partial charge on any atom is -0.368 e. The van der Waals surface area contributed by atoms with Gasteiger partial charge in [-0.15, -0.1) is 0 Å². The maximum absolute atomic E-state index is 14.3. The van der Waals surface area contributed by atoms with Crippen LogP contribution in [0.3, 0.4) is 0 Å². The molecule has 0 bridgehead atoms. The van der Waals surface area contributed by atoms with Crippen LogP contribution in [-0.4, -0.2) is 17.9 Å². The van der Waals surface area contributed by atoms with Crippen molar-refractivity contribution in [1.29, 1.82) is 0 Å². The van der Waals surface area contributed by atoms with E-state index in [0.29, 0.717) is 6.42 Å². The van der Waals surface area contributed by atoms with Gasteiger partial charge in [0.15, 0.2) is 0 Å². The smallest absolute Gasteiger partial charge is 0.240 e. The molecule has 4 heteroatoms. The van der Waals surface area contributed by atoms with Crippen LogP contribution in [0, 0.1) is 0 Å². The molecular formula is C31H30N2O2. The summed E-state index contributed by atoms with van der Waals surface area (Å²) in [7, 11) is 0. The molecule has 4 nitrogen and oxygen atoms in total. The lowest BCUT2D eigenvalue weighted by Crippen LogP contribution is -2.53. The van der Waals surface area contributed by atoms with Gasteiger partial charge in [-0.05, 0) is 41.5 Å². The van der Waals surface area contributed by atoms with Crippen molar-refractivity contribution in [1.82, 2.24) is 5.32 Å². The molecule has 0 heterocycles. The molecule has 0 spiro atoms. The van der Waals surface area contributed by atoms with Gasteiger partial charge in [-0.1, -0.05) is 121 Å². The zero-order valence-corrected chi connectivity index (χ0v) is 19.6. The van der Waals surface area contributed by atoms with Crippen LogP contribution in [0.4, 0.5) is 0 Å². The zero-order chi connectivity index (χ0) is 24.5. The van der Waals surface area contributed by atoms with Crippen molar-refractivity contribution in [2.45, 2.75) is 30.7 Å². The predicted molar refractivity (Wildman–Crippen MR) is 140 cm³/mol. The third kappa shape index (κ3) is 5.33. The van der Waals surface area contributed by atoms with Crippen molar-refractivity contribution in [2.75, 3.05) is 0 Å². The first kappa shape index (κ1) is 24.0. The van der Waals surface area contributed by atoms with Crippen LogP contribution in [0.5, 0.6) is 0 Å². The number of hydrogen-bond acceptors (Lipinski definition) is 2. The lowest BCUT2D eigenvalue weighted by Gasteiger charge is -2.35. The first-order valence-corrected chi connectivity index (χ1v) is 11.9. The predicted octanol–water partition coefficient (Wildman–Crippen LogP) is 5.01. The highest BCUT2D eigenvalue weighted by molar-refractivity contribution is 5.98. The Bertz CT molecular complexity index is 1130. The fourth-order valence-electron chi connectivity index (χ4n) is 4.66. The Labute approximate surface area is 206 Å². The number of rotatable bonds is 10. The summed E-state index contributed by atoms with van der Waals surface area (Å²) >= 11 is 0. The van der Waals surface area contributed by atoms with Gasteiger partial charge in [0.2, 0.25) is 11.8 Å². The lowest BCUT2D eigenvalue weighted by atomic mass is 9.68. The highest BCUT2D eigenvalue weighted by Gasteiger charge is 2.44.